The van der Waals surface area contributed by atoms with E-state index in [0.717, 1.165) is 0 Å². The molecule has 0 unspecified atom stereocenters. The van der Waals surface area contributed by atoms with Crippen molar-refractivity contribution in [3.63, 3.8) is 0 Å². The number of carbonyl (C=O) groups is 1. The lowest BCUT2D eigenvalue weighted by Gasteiger charge is -2.04. The van der Waals surface area contributed by atoms with Crippen molar-refractivity contribution in [3.8, 4) is 0 Å². The highest BCUT2D eigenvalue weighted by Gasteiger charge is 2.21. The van der Waals surface area contributed by atoms with Gasteiger partial charge in [0.25, 0.3) is 0 Å². The van der Waals surface area contributed by atoms with Crippen LogP contribution in [0.2, 0.25) is 5.02 Å². The average Bonchev–Trinajstić information content (AvgIpc) is 2.21. The number of carbonyl (C=O) groups excluding carboxylic acids is 1. The number of hydrogen-bond donors (Lipinski definition) is 0. The molecule has 1 heterocycles. The van der Waals surface area contributed by atoms with Crippen molar-refractivity contribution in [2.24, 2.45) is 0 Å². The Morgan fingerprint density at radius 2 is 2.38 bits per heavy atom. The Morgan fingerprint density at radius 3 is 2.94 bits per heavy atom. The van der Waals surface area contributed by atoms with E-state index in [4.69, 9.17) is 11.6 Å². The molecule has 0 saturated carbocycles. The van der Waals surface area contributed by atoms with Crippen LogP contribution in [-0.2, 0) is 16.0 Å². The van der Waals surface area contributed by atoms with Gasteiger partial charge >= 0.3 is 11.8 Å². The molecule has 16 heavy (non-hydrogen) atoms. The number of rotatable bonds is 4. The number of hydrogen-bond acceptors (Lipinski definition) is 5. The van der Waals surface area contributed by atoms with E-state index in [2.05, 4.69) is 9.72 Å². The molecule has 0 aliphatic heterocycles. The maximum atomic E-state index is 11.2. The molecule has 0 bridgehead atoms. The molecule has 1 aromatic rings. The van der Waals surface area contributed by atoms with Gasteiger partial charge in [-0.15, -0.1) is 0 Å². The molecule has 6 nitrogen and oxygen atoms in total. The SMILES string of the molecule is CCOC(=O)Cc1c(Cl)ccnc1[N+](=O)[O-]. The number of esters is 1. The van der Waals surface area contributed by atoms with Crippen molar-refractivity contribution in [1.29, 1.82) is 0 Å². The van der Waals surface area contributed by atoms with Crippen LogP contribution in [0.4, 0.5) is 5.82 Å². The van der Waals surface area contributed by atoms with Crippen LogP contribution in [0.1, 0.15) is 12.5 Å². The number of ether oxygens (including phenoxy) is 1. The van der Waals surface area contributed by atoms with E-state index in [9.17, 15) is 14.9 Å². The standard InChI is InChI=1S/C9H9ClN2O4/c1-2-16-8(13)5-6-7(10)3-4-11-9(6)12(14)15/h3-4H,2,5H2,1H3. The van der Waals surface area contributed by atoms with Gasteiger partial charge in [-0.2, -0.15) is 0 Å². The quantitative estimate of drug-likeness (QED) is 0.458. The second kappa shape index (κ2) is 5.41. The fraction of sp³-hybridized carbons (Fsp3) is 0.333. The zero-order valence-electron chi connectivity index (χ0n) is 8.47. The van der Waals surface area contributed by atoms with Gasteiger partial charge in [0.1, 0.15) is 6.20 Å². The van der Waals surface area contributed by atoms with Gasteiger partial charge in [-0.3, -0.25) is 4.79 Å². The van der Waals surface area contributed by atoms with Crippen LogP contribution in [0, 0.1) is 10.1 Å². The molecule has 0 N–H and O–H groups in total. The zero-order valence-corrected chi connectivity index (χ0v) is 9.23. The van der Waals surface area contributed by atoms with E-state index < -0.39 is 16.7 Å². The largest absolute Gasteiger partial charge is 0.466 e. The van der Waals surface area contributed by atoms with Gasteiger partial charge in [0.2, 0.25) is 0 Å². The predicted molar refractivity (Wildman–Crippen MR) is 56.2 cm³/mol. The molecule has 7 heteroatoms. The van der Waals surface area contributed by atoms with Crippen molar-refractivity contribution in [1.82, 2.24) is 4.98 Å². The summed E-state index contributed by atoms with van der Waals surface area (Å²) in [6, 6.07) is 1.39. The van der Waals surface area contributed by atoms with Crippen LogP contribution in [0.15, 0.2) is 12.3 Å². The second-order valence-electron chi connectivity index (χ2n) is 2.83. The van der Waals surface area contributed by atoms with Crippen molar-refractivity contribution in [2.45, 2.75) is 13.3 Å². The van der Waals surface area contributed by atoms with Crippen LogP contribution in [0.25, 0.3) is 0 Å². The Kier molecular flexibility index (Phi) is 4.19. The lowest BCUT2D eigenvalue weighted by atomic mass is 10.2. The summed E-state index contributed by atoms with van der Waals surface area (Å²) in [6.45, 7) is 1.86. The molecule has 1 rings (SSSR count). The number of nitro groups is 1. The second-order valence-corrected chi connectivity index (χ2v) is 3.24. The van der Waals surface area contributed by atoms with Crippen LogP contribution < -0.4 is 0 Å². The van der Waals surface area contributed by atoms with Gasteiger partial charge in [0, 0.05) is 6.07 Å². The smallest absolute Gasteiger partial charge is 0.368 e. The minimum Gasteiger partial charge on any atom is -0.466 e. The monoisotopic (exact) mass is 244 g/mol. The van der Waals surface area contributed by atoms with Crippen molar-refractivity contribution < 1.29 is 14.5 Å². The summed E-state index contributed by atoms with van der Waals surface area (Å²) < 4.78 is 4.69. The molecule has 0 radical (unpaired) electrons. The molecule has 0 aliphatic carbocycles. The van der Waals surface area contributed by atoms with Crippen molar-refractivity contribution in [2.75, 3.05) is 6.61 Å². The van der Waals surface area contributed by atoms with Gasteiger partial charge in [-0.25, -0.2) is 0 Å². The van der Waals surface area contributed by atoms with E-state index in [0.29, 0.717) is 0 Å². The first-order valence-electron chi connectivity index (χ1n) is 4.49. The highest BCUT2D eigenvalue weighted by Crippen LogP contribution is 2.24. The van der Waals surface area contributed by atoms with Gasteiger partial charge < -0.3 is 14.9 Å². The first-order valence-corrected chi connectivity index (χ1v) is 4.87. The van der Waals surface area contributed by atoms with Crippen LogP contribution in [0.5, 0.6) is 0 Å². The maximum absolute atomic E-state index is 11.2. The van der Waals surface area contributed by atoms with Crippen molar-refractivity contribution >= 4 is 23.4 Å². The van der Waals surface area contributed by atoms with Crippen LogP contribution in [-0.4, -0.2) is 22.5 Å². The predicted octanol–water partition coefficient (Wildman–Crippen LogP) is 1.75. The zero-order chi connectivity index (χ0) is 12.1. The lowest BCUT2D eigenvalue weighted by molar-refractivity contribution is -0.390. The Morgan fingerprint density at radius 1 is 1.69 bits per heavy atom. The fourth-order valence-corrected chi connectivity index (χ4v) is 1.34. The molecule has 0 amide bonds. The first kappa shape index (κ1) is 12.4. The third kappa shape index (κ3) is 2.90. The Balaban J connectivity index is 3.01. The third-order valence-corrected chi connectivity index (χ3v) is 2.13. The Bertz CT molecular complexity index is 422. The van der Waals surface area contributed by atoms with E-state index in [1.54, 1.807) is 6.92 Å². The summed E-state index contributed by atoms with van der Waals surface area (Å²) in [6.07, 6.45) is 0.964. The third-order valence-electron chi connectivity index (χ3n) is 1.78. The van der Waals surface area contributed by atoms with Gasteiger partial charge in [-0.05, 0) is 16.8 Å². The number of halogens is 1. The molecule has 0 saturated heterocycles. The number of aromatic nitrogens is 1. The molecule has 1 aromatic heterocycles. The van der Waals surface area contributed by atoms with E-state index in [1.165, 1.54) is 12.3 Å². The lowest BCUT2D eigenvalue weighted by Crippen LogP contribution is -2.10. The van der Waals surface area contributed by atoms with Gasteiger partial charge in [-0.1, -0.05) is 11.6 Å². The molecule has 0 aromatic carbocycles. The Hall–Kier alpha value is -1.69. The van der Waals surface area contributed by atoms with Gasteiger partial charge in [0.15, 0.2) is 0 Å². The number of nitrogens with zero attached hydrogens (tertiary/aromatic N) is 2. The maximum Gasteiger partial charge on any atom is 0.368 e. The van der Waals surface area contributed by atoms with Gasteiger partial charge in [0.05, 0.1) is 23.6 Å². The fourth-order valence-electron chi connectivity index (χ4n) is 1.14. The van der Waals surface area contributed by atoms with Crippen molar-refractivity contribution in [3.05, 3.63) is 33.0 Å². The normalized spacial score (nSPS) is 9.88. The summed E-state index contributed by atoms with van der Waals surface area (Å²) in [4.78, 5) is 24.7. The molecule has 0 atom stereocenters. The molecule has 0 spiro atoms. The summed E-state index contributed by atoms with van der Waals surface area (Å²) in [5.41, 5.74) is 0.0765. The topological polar surface area (TPSA) is 82.3 Å². The van der Waals surface area contributed by atoms with Crippen LogP contribution >= 0.6 is 11.6 Å². The molecule has 0 aliphatic rings. The molecular formula is C9H9ClN2O4. The average molecular weight is 245 g/mol. The van der Waals surface area contributed by atoms with E-state index in [1.807, 2.05) is 0 Å². The van der Waals surface area contributed by atoms with E-state index >= 15 is 0 Å². The first-order chi connectivity index (χ1) is 7.56. The summed E-state index contributed by atoms with van der Waals surface area (Å²) in [5.74, 6) is -0.985. The molecule has 0 fully saturated rings. The van der Waals surface area contributed by atoms with E-state index in [-0.39, 0.29) is 23.6 Å². The molecular weight excluding hydrogens is 236 g/mol. The minimum atomic E-state index is -0.680. The summed E-state index contributed by atoms with van der Waals surface area (Å²) >= 11 is 5.77. The number of pyridine rings is 1. The summed E-state index contributed by atoms with van der Waals surface area (Å²) in [5, 5.41) is 10.8. The highest BCUT2D eigenvalue weighted by molar-refractivity contribution is 6.31. The highest BCUT2D eigenvalue weighted by atomic mass is 35.5. The summed E-state index contributed by atoms with van der Waals surface area (Å²) in [7, 11) is 0. The molecule has 86 valence electrons. The Labute approximate surface area is 96.3 Å². The minimum absolute atomic E-state index is 0.0765. The van der Waals surface area contributed by atoms with Crippen LogP contribution in [0.3, 0.4) is 0 Å².